The standard InChI is InChI=1S/C19H26ClN3O2/c1-12(2)17(22-18(24)13-3-5-14(20)6-4-13)19(25)23-15-7-8-16(23)11-21-10-9-15/h3-6,12,15-17,21H,7-11H2,1-2H3,(H,22,24). The Bertz CT molecular complexity index is 618. The van der Waals surface area contributed by atoms with Gasteiger partial charge in [0.05, 0.1) is 0 Å². The Hall–Kier alpha value is -1.59. The van der Waals surface area contributed by atoms with Gasteiger partial charge in [0.2, 0.25) is 5.91 Å². The Morgan fingerprint density at radius 3 is 2.52 bits per heavy atom. The first-order valence-corrected chi connectivity index (χ1v) is 9.44. The van der Waals surface area contributed by atoms with Crippen molar-refractivity contribution < 1.29 is 9.59 Å². The van der Waals surface area contributed by atoms with Crippen LogP contribution in [0.4, 0.5) is 0 Å². The number of nitrogens with zero attached hydrogens (tertiary/aromatic N) is 1. The lowest BCUT2D eigenvalue weighted by molar-refractivity contribution is -0.137. The largest absolute Gasteiger partial charge is 0.340 e. The molecule has 25 heavy (non-hydrogen) atoms. The number of amides is 2. The van der Waals surface area contributed by atoms with Gasteiger partial charge >= 0.3 is 0 Å². The van der Waals surface area contributed by atoms with Crippen LogP contribution in [-0.2, 0) is 4.79 Å². The van der Waals surface area contributed by atoms with Gasteiger partial charge in [-0.15, -0.1) is 0 Å². The fourth-order valence-electron chi connectivity index (χ4n) is 3.84. The molecule has 3 unspecified atom stereocenters. The van der Waals surface area contributed by atoms with Gasteiger partial charge in [-0.3, -0.25) is 9.59 Å². The van der Waals surface area contributed by atoms with Crippen LogP contribution in [0, 0.1) is 5.92 Å². The Balaban J connectivity index is 1.75. The number of benzene rings is 1. The van der Waals surface area contributed by atoms with E-state index in [1.165, 1.54) is 0 Å². The molecule has 3 rings (SSSR count). The Kier molecular flexibility index (Phi) is 5.64. The first kappa shape index (κ1) is 18.2. The molecule has 2 fully saturated rings. The fourth-order valence-corrected chi connectivity index (χ4v) is 3.97. The summed E-state index contributed by atoms with van der Waals surface area (Å²) in [6.07, 6.45) is 3.09. The number of rotatable bonds is 4. The lowest BCUT2D eigenvalue weighted by atomic mass is 10.0. The van der Waals surface area contributed by atoms with Gasteiger partial charge in [0.15, 0.2) is 0 Å². The molecule has 2 N–H and O–H groups in total. The van der Waals surface area contributed by atoms with Crippen LogP contribution >= 0.6 is 11.6 Å². The van der Waals surface area contributed by atoms with E-state index >= 15 is 0 Å². The van der Waals surface area contributed by atoms with Gasteiger partial charge < -0.3 is 15.5 Å². The first-order valence-electron chi connectivity index (χ1n) is 9.06. The molecule has 0 radical (unpaired) electrons. The van der Waals surface area contributed by atoms with Gasteiger partial charge in [-0.2, -0.15) is 0 Å². The number of hydrogen-bond donors (Lipinski definition) is 2. The molecule has 1 aromatic carbocycles. The van der Waals surface area contributed by atoms with E-state index in [-0.39, 0.29) is 23.8 Å². The van der Waals surface area contributed by atoms with Crippen LogP contribution in [0.1, 0.15) is 43.5 Å². The molecular weight excluding hydrogens is 338 g/mol. The van der Waals surface area contributed by atoms with Gasteiger partial charge in [-0.25, -0.2) is 0 Å². The van der Waals surface area contributed by atoms with Crippen molar-refractivity contribution in [2.45, 2.75) is 51.2 Å². The Labute approximate surface area is 154 Å². The lowest BCUT2D eigenvalue weighted by Crippen LogP contribution is -2.55. The molecule has 2 heterocycles. The quantitative estimate of drug-likeness (QED) is 0.863. The van der Waals surface area contributed by atoms with Crippen LogP contribution in [-0.4, -0.2) is 47.9 Å². The highest BCUT2D eigenvalue weighted by atomic mass is 35.5. The molecule has 0 aliphatic carbocycles. The third-order valence-corrected chi connectivity index (χ3v) is 5.49. The van der Waals surface area contributed by atoms with E-state index in [9.17, 15) is 9.59 Å². The summed E-state index contributed by atoms with van der Waals surface area (Å²) in [5.74, 6) is -0.156. The summed E-state index contributed by atoms with van der Waals surface area (Å²) in [5.41, 5.74) is 0.517. The minimum absolute atomic E-state index is 0.0272. The molecular formula is C19H26ClN3O2. The molecule has 3 atom stereocenters. The van der Waals surface area contributed by atoms with Crippen molar-refractivity contribution in [3.63, 3.8) is 0 Å². The molecule has 2 amide bonds. The maximum absolute atomic E-state index is 13.2. The molecule has 136 valence electrons. The van der Waals surface area contributed by atoms with E-state index in [0.29, 0.717) is 16.6 Å². The van der Waals surface area contributed by atoms with Gasteiger partial charge in [-0.1, -0.05) is 25.4 Å². The van der Waals surface area contributed by atoms with Gasteiger partial charge in [0.1, 0.15) is 6.04 Å². The molecule has 2 aliphatic rings. The molecule has 0 spiro atoms. The minimum atomic E-state index is -0.510. The number of hydrogen-bond acceptors (Lipinski definition) is 3. The van der Waals surface area contributed by atoms with Crippen LogP contribution in [0.25, 0.3) is 0 Å². The van der Waals surface area contributed by atoms with Crippen LogP contribution in [0.5, 0.6) is 0 Å². The number of halogens is 1. The predicted octanol–water partition coefficient (Wildman–Crippen LogP) is 2.45. The second kappa shape index (κ2) is 7.75. The normalized spacial score (nSPS) is 24.1. The highest BCUT2D eigenvalue weighted by Crippen LogP contribution is 2.29. The topological polar surface area (TPSA) is 61.4 Å². The van der Waals surface area contributed by atoms with E-state index in [4.69, 9.17) is 11.6 Å². The third kappa shape index (κ3) is 3.98. The van der Waals surface area contributed by atoms with E-state index < -0.39 is 6.04 Å². The van der Waals surface area contributed by atoms with Gasteiger partial charge in [0.25, 0.3) is 5.91 Å². The zero-order valence-electron chi connectivity index (χ0n) is 14.8. The molecule has 1 aromatic rings. The van der Waals surface area contributed by atoms with Crippen molar-refractivity contribution in [2.24, 2.45) is 5.92 Å². The van der Waals surface area contributed by atoms with Crippen molar-refractivity contribution >= 4 is 23.4 Å². The summed E-state index contributed by atoms with van der Waals surface area (Å²) in [6.45, 7) is 5.75. The Morgan fingerprint density at radius 1 is 1.16 bits per heavy atom. The third-order valence-electron chi connectivity index (χ3n) is 5.23. The number of carbonyl (C=O) groups excluding carboxylic acids is 2. The summed E-state index contributed by atoms with van der Waals surface area (Å²) >= 11 is 5.88. The van der Waals surface area contributed by atoms with Crippen molar-refractivity contribution in [3.05, 3.63) is 34.9 Å². The van der Waals surface area contributed by atoms with E-state index in [1.807, 2.05) is 18.7 Å². The molecule has 2 aliphatic heterocycles. The molecule has 2 saturated heterocycles. The van der Waals surface area contributed by atoms with Crippen LogP contribution in [0.2, 0.25) is 5.02 Å². The van der Waals surface area contributed by atoms with E-state index in [2.05, 4.69) is 10.6 Å². The summed E-state index contributed by atoms with van der Waals surface area (Å²) in [4.78, 5) is 27.8. The number of fused-ring (bicyclic) bond motifs is 2. The van der Waals surface area contributed by atoms with E-state index in [1.54, 1.807) is 24.3 Å². The second-order valence-corrected chi connectivity index (χ2v) is 7.76. The highest BCUT2D eigenvalue weighted by molar-refractivity contribution is 6.30. The number of carbonyl (C=O) groups is 2. The van der Waals surface area contributed by atoms with Crippen molar-refractivity contribution in [3.8, 4) is 0 Å². The Morgan fingerprint density at radius 2 is 1.84 bits per heavy atom. The van der Waals surface area contributed by atoms with Gasteiger partial charge in [0, 0.05) is 29.2 Å². The summed E-state index contributed by atoms with van der Waals surface area (Å²) in [5, 5.41) is 6.94. The molecule has 5 nitrogen and oxygen atoms in total. The smallest absolute Gasteiger partial charge is 0.251 e. The SMILES string of the molecule is CC(C)C(NC(=O)c1ccc(Cl)cc1)C(=O)N1C2CCNCC1CC2. The second-order valence-electron chi connectivity index (χ2n) is 7.33. The van der Waals surface area contributed by atoms with Gasteiger partial charge in [-0.05, 0) is 56.0 Å². The van der Waals surface area contributed by atoms with Crippen LogP contribution in [0.15, 0.2) is 24.3 Å². The number of nitrogens with one attached hydrogen (secondary N) is 2. The maximum Gasteiger partial charge on any atom is 0.251 e. The zero-order valence-corrected chi connectivity index (χ0v) is 15.6. The van der Waals surface area contributed by atoms with Crippen molar-refractivity contribution in [2.75, 3.05) is 13.1 Å². The molecule has 2 bridgehead atoms. The van der Waals surface area contributed by atoms with Crippen molar-refractivity contribution in [1.29, 1.82) is 0 Å². The maximum atomic E-state index is 13.2. The summed E-state index contributed by atoms with van der Waals surface area (Å²) < 4.78 is 0. The van der Waals surface area contributed by atoms with E-state index in [0.717, 1.165) is 32.4 Å². The zero-order chi connectivity index (χ0) is 18.0. The molecule has 6 heteroatoms. The predicted molar refractivity (Wildman–Crippen MR) is 98.7 cm³/mol. The van der Waals surface area contributed by atoms with Crippen molar-refractivity contribution in [1.82, 2.24) is 15.5 Å². The fraction of sp³-hybridized carbons (Fsp3) is 0.579. The van der Waals surface area contributed by atoms with Crippen LogP contribution < -0.4 is 10.6 Å². The van der Waals surface area contributed by atoms with Crippen LogP contribution in [0.3, 0.4) is 0 Å². The average Bonchev–Trinajstić information content (AvgIpc) is 2.85. The summed E-state index contributed by atoms with van der Waals surface area (Å²) in [7, 11) is 0. The molecule has 0 aromatic heterocycles. The summed E-state index contributed by atoms with van der Waals surface area (Å²) in [6, 6.07) is 6.75. The monoisotopic (exact) mass is 363 g/mol. The average molecular weight is 364 g/mol. The highest BCUT2D eigenvalue weighted by Gasteiger charge is 2.41. The first-order chi connectivity index (χ1) is 12.0. The molecule has 0 saturated carbocycles. The lowest BCUT2D eigenvalue weighted by Gasteiger charge is -2.33. The minimum Gasteiger partial charge on any atom is -0.340 e.